The maximum absolute atomic E-state index is 11.6. The lowest BCUT2D eigenvalue weighted by atomic mass is 10.0. The van der Waals surface area contributed by atoms with Crippen LogP contribution >= 0.6 is 0 Å². The highest BCUT2D eigenvalue weighted by Crippen LogP contribution is 2.32. The molecule has 2 aromatic carbocycles. The molecule has 4 heteroatoms. The van der Waals surface area contributed by atoms with Crippen LogP contribution in [0.4, 0.5) is 0 Å². The van der Waals surface area contributed by atoms with Crippen LogP contribution in [-0.4, -0.2) is 18.2 Å². The van der Waals surface area contributed by atoms with E-state index in [0.717, 1.165) is 16.9 Å². The maximum Gasteiger partial charge on any atom is 0.341 e. The number of ether oxygens (including phenoxy) is 2. The normalized spacial score (nSPS) is 11.8. The van der Waals surface area contributed by atoms with Gasteiger partial charge in [0.15, 0.2) is 0 Å². The number of rotatable bonds is 4. The van der Waals surface area contributed by atoms with Crippen molar-refractivity contribution in [1.29, 1.82) is 0 Å². The molecule has 0 aliphatic heterocycles. The zero-order chi connectivity index (χ0) is 16.3. The van der Waals surface area contributed by atoms with E-state index in [4.69, 9.17) is 4.74 Å². The first-order valence-corrected chi connectivity index (χ1v) is 7.08. The molecule has 0 fully saturated rings. The molecule has 0 radical (unpaired) electrons. The van der Waals surface area contributed by atoms with E-state index in [2.05, 4.69) is 4.74 Å². The lowest BCUT2D eigenvalue weighted by Gasteiger charge is -2.19. The molecule has 0 saturated heterocycles. The van der Waals surface area contributed by atoms with E-state index in [-0.39, 0.29) is 11.3 Å². The number of carbonyl (C=O) groups excluding carboxylic acids is 1. The molecular formula is C18H20O4. The summed E-state index contributed by atoms with van der Waals surface area (Å²) < 4.78 is 10.6. The van der Waals surface area contributed by atoms with Gasteiger partial charge in [0.25, 0.3) is 0 Å². The number of para-hydroxylation sites is 1. The summed E-state index contributed by atoms with van der Waals surface area (Å²) in [6.07, 6.45) is -0.397. The SMILES string of the molecule is COC(=O)c1cccc(C(C)Oc2ccc(C)cc2C)c1O. The summed E-state index contributed by atoms with van der Waals surface area (Å²) in [4.78, 5) is 11.6. The Morgan fingerprint density at radius 2 is 1.91 bits per heavy atom. The Balaban J connectivity index is 2.30. The third-order valence-electron chi connectivity index (χ3n) is 3.54. The van der Waals surface area contributed by atoms with Gasteiger partial charge in [0.1, 0.15) is 23.2 Å². The van der Waals surface area contributed by atoms with Crippen LogP contribution in [0.2, 0.25) is 0 Å². The Morgan fingerprint density at radius 1 is 1.18 bits per heavy atom. The van der Waals surface area contributed by atoms with Crippen LogP contribution in [0, 0.1) is 13.8 Å². The Bertz CT molecular complexity index is 691. The average Bonchev–Trinajstić information content (AvgIpc) is 2.49. The molecule has 116 valence electrons. The van der Waals surface area contributed by atoms with E-state index >= 15 is 0 Å². The fourth-order valence-corrected chi connectivity index (χ4v) is 2.35. The topological polar surface area (TPSA) is 55.8 Å². The smallest absolute Gasteiger partial charge is 0.341 e. The van der Waals surface area contributed by atoms with Crippen LogP contribution in [0.5, 0.6) is 11.5 Å². The predicted molar refractivity (Wildman–Crippen MR) is 84.4 cm³/mol. The Morgan fingerprint density at radius 3 is 2.55 bits per heavy atom. The molecule has 22 heavy (non-hydrogen) atoms. The van der Waals surface area contributed by atoms with E-state index < -0.39 is 12.1 Å². The van der Waals surface area contributed by atoms with Crippen molar-refractivity contribution in [1.82, 2.24) is 0 Å². The second-order valence-electron chi connectivity index (χ2n) is 5.26. The highest BCUT2D eigenvalue weighted by atomic mass is 16.5. The number of phenolic OH excluding ortho intramolecular Hbond substituents is 1. The first kappa shape index (κ1) is 15.9. The molecule has 0 heterocycles. The van der Waals surface area contributed by atoms with Crippen molar-refractivity contribution in [3.8, 4) is 11.5 Å². The standard InChI is InChI=1S/C18H20O4/c1-11-8-9-16(12(2)10-11)22-13(3)14-6-5-7-15(17(14)19)18(20)21-4/h5-10,13,19H,1-4H3. The van der Waals surface area contributed by atoms with Gasteiger partial charge in [-0.1, -0.05) is 29.8 Å². The number of aryl methyl sites for hydroxylation is 2. The molecule has 1 unspecified atom stereocenters. The van der Waals surface area contributed by atoms with Gasteiger partial charge in [-0.25, -0.2) is 4.79 Å². The Hall–Kier alpha value is -2.49. The minimum absolute atomic E-state index is 0.105. The Kier molecular flexibility index (Phi) is 4.71. The molecule has 2 rings (SSSR count). The van der Waals surface area contributed by atoms with Crippen molar-refractivity contribution in [2.24, 2.45) is 0 Å². The molecular weight excluding hydrogens is 280 g/mol. The van der Waals surface area contributed by atoms with Crippen LogP contribution in [0.3, 0.4) is 0 Å². The highest BCUT2D eigenvalue weighted by Gasteiger charge is 2.19. The summed E-state index contributed by atoms with van der Waals surface area (Å²) in [6.45, 7) is 5.82. The van der Waals surface area contributed by atoms with Gasteiger partial charge in [0.05, 0.1) is 7.11 Å². The third kappa shape index (κ3) is 3.22. The fourth-order valence-electron chi connectivity index (χ4n) is 2.35. The van der Waals surface area contributed by atoms with E-state index in [1.165, 1.54) is 13.2 Å². The van der Waals surface area contributed by atoms with Gasteiger partial charge in [-0.05, 0) is 38.5 Å². The number of phenols is 1. The number of hydrogen-bond acceptors (Lipinski definition) is 4. The van der Waals surface area contributed by atoms with Crippen molar-refractivity contribution in [3.05, 3.63) is 58.7 Å². The average molecular weight is 300 g/mol. The first-order valence-electron chi connectivity index (χ1n) is 7.08. The van der Waals surface area contributed by atoms with Crippen LogP contribution in [0.1, 0.15) is 40.1 Å². The molecule has 2 aromatic rings. The third-order valence-corrected chi connectivity index (χ3v) is 3.54. The molecule has 0 bridgehead atoms. The Labute approximate surface area is 130 Å². The minimum Gasteiger partial charge on any atom is -0.507 e. The second-order valence-corrected chi connectivity index (χ2v) is 5.26. The summed E-state index contributed by atoms with van der Waals surface area (Å²) >= 11 is 0. The largest absolute Gasteiger partial charge is 0.507 e. The van der Waals surface area contributed by atoms with Gasteiger partial charge in [-0.3, -0.25) is 0 Å². The first-order chi connectivity index (χ1) is 10.4. The van der Waals surface area contributed by atoms with Crippen LogP contribution in [-0.2, 0) is 4.74 Å². The number of hydrogen-bond donors (Lipinski definition) is 1. The van der Waals surface area contributed by atoms with Crippen LogP contribution in [0.25, 0.3) is 0 Å². The molecule has 0 aliphatic carbocycles. The van der Waals surface area contributed by atoms with Crippen molar-refractivity contribution >= 4 is 5.97 Å². The number of benzene rings is 2. The minimum atomic E-state index is -0.571. The van der Waals surface area contributed by atoms with Crippen molar-refractivity contribution in [3.63, 3.8) is 0 Å². The van der Waals surface area contributed by atoms with E-state index in [9.17, 15) is 9.90 Å². The lowest BCUT2D eigenvalue weighted by molar-refractivity contribution is 0.0597. The summed E-state index contributed by atoms with van der Waals surface area (Å²) in [5.41, 5.74) is 2.86. The van der Waals surface area contributed by atoms with Crippen molar-refractivity contribution in [2.45, 2.75) is 26.9 Å². The highest BCUT2D eigenvalue weighted by molar-refractivity contribution is 5.92. The lowest BCUT2D eigenvalue weighted by Crippen LogP contribution is -2.08. The summed E-state index contributed by atoms with van der Waals surface area (Å²) in [5, 5.41) is 10.3. The van der Waals surface area contributed by atoms with E-state index in [1.807, 2.05) is 39.0 Å². The molecule has 0 aromatic heterocycles. The van der Waals surface area contributed by atoms with Crippen LogP contribution < -0.4 is 4.74 Å². The summed E-state index contributed by atoms with van der Waals surface area (Å²) in [5.74, 6) is 0.0747. The van der Waals surface area contributed by atoms with Gasteiger partial charge in [0.2, 0.25) is 0 Å². The molecule has 0 spiro atoms. The number of carbonyl (C=O) groups is 1. The summed E-state index contributed by atoms with van der Waals surface area (Å²) in [7, 11) is 1.28. The maximum atomic E-state index is 11.6. The zero-order valence-corrected chi connectivity index (χ0v) is 13.2. The molecule has 0 aliphatic rings. The quantitative estimate of drug-likeness (QED) is 0.869. The van der Waals surface area contributed by atoms with Crippen molar-refractivity contribution < 1.29 is 19.4 Å². The number of methoxy groups -OCH3 is 1. The fraction of sp³-hybridized carbons (Fsp3) is 0.278. The second kappa shape index (κ2) is 6.52. The molecule has 0 saturated carbocycles. The zero-order valence-electron chi connectivity index (χ0n) is 13.2. The molecule has 1 atom stereocenters. The predicted octanol–water partition coefficient (Wildman–Crippen LogP) is 3.94. The van der Waals surface area contributed by atoms with Gasteiger partial charge in [-0.15, -0.1) is 0 Å². The van der Waals surface area contributed by atoms with Gasteiger partial charge >= 0.3 is 5.97 Å². The molecule has 4 nitrogen and oxygen atoms in total. The monoisotopic (exact) mass is 300 g/mol. The van der Waals surface area contributed by atoms with E-state index in [0.29, 0.717) is 5.56 Å². The molecule has 0 amide bonds. The summed E-state index contributed by atoms with van der Waals surface area (Å²) in [6, 6.07) is 10.9. The molecule has 1 N–H and O–H groups in total. The van der Waals surface area contributed by atoms with Gasteiger partial charge < -0.3 is 14.6 Å². The van der Waals surface area contributed by atoms with E-state index in [1.54, 1.807) is 12.1 Å². The number of aromatic hydroxyl groups is 1. The van der Waals surface area contributed by atoms with Gasteiger partial charge in [-0.2, -0.15) is 0 Å². The van der Waals surface area contributed by atoms with Crippen LogP contribution in [0.15, 0.2) is 36.4 Å². The van der Waals surface area contributed by atoms with Gasteiger partial charge in [0, 0.05) is 5.56 Å². The van der Waals surface area contributed by atoms with Crippen molar-refractivity contribution in [2.75, 3.05) is 7.11 Å². The number of esters is 1.